The monoisotopic (exact) mass is 246 g/mol. The summed E-state index contributed by atoms with van der Waals surface area (Å²) in [6.45, 7) is 2.09. The normalized spacial score (nSPS) is 10.1. The Morgan fingerprint density at radius 1 is 1.46 bits per heavy atom. The number of alkyl halides is 1. The summed E-state index contributed by atoms with van der Waals surface area (Å²) >= 11 is 3.36. The summed E-state index contributed by atoms with van der Waals surface area (Å²) in [5, 5.41) is 0. The third-order valence-corrected chi connectivity index (χ3v) is 2.17. The van der Waals surface area contributed by atoms with Gasteiger partial charge in [0, 0.05) is 10.9 Å². The summed E-state index contributed by atoms with van der Waals surface area (Å²) in [5.41, 5.74) is 1.06. The summed E-state index contributed by atoms with van der Waals surface area (Å²) in [5.74, 6) is 0.830. The second kappa shape index (κ2) is 5.22. The highest BCUT2D eigenvalue weighted by Crippen LogP contribution is 2.22. The van der Waals surface area contributed by atoms with Gasteiger partial charge in [-0.2, -0.15) is 0 Å². The van der Waals surface area contributed by atoms with Crippen molar-refractivity contribution in [1.82, 2.24) is 0 Å². The Hall–Kier alpha value is -0.570. The van der Waals surface area contributed by atoms with Gasteiger partial charge in [0.2, 0.25) is 0 Å². The molecule has 1 aromatic rings. The van der Waals surface area contributed by atoms with Gasteiger partial charge in [-0.15, -0.1) is 0 Å². The molecule has 0 aliphatic rings. The van der Waals surface area contributed by atoms with Gasteiger partial charge < -0.3 is 4.74 Å². The van der Waals surface area contributed by atoms with Crippen molar-refractivity contribution in [2.75, 3.05) is 13.3 Å². The first kappa shape index (κ1) is 10.5. The van der Waals surface area contributed by atoms with E-state index in [1.807, 2.05) is 25.1 Å². The van der Waals surface area contributed by atoms with Crippen molar-refractivity contribution >= 4 is 15.9 Å². The molecule has 0 spiro atoms. The van der Waals surface area contributed by atoms with E-state index in [1.165, 1.54) is 0 Å². The zero-order chi connectivity index (χ0) is 9.68. The number of ether oxygens (including phenoxy) is 1. The third kappa shape index (κ3) is 3.35. The lowest BCUT2D eigenvalue weighted by molar-refractivity contribution is 0.288. The Labute approximate surface area is 86.0 Å². The van der Waals surface area contributed by atoms with Gasteiger partial charge in [0.1, 0.15) is 5.75 Å². The zero-order valence-corrected chi connectivity index (χ0v) is 9.10. The van der Waals surface area contributed by atoms with Crippen LogP contribution in [0.15, 0.2) is 22.7 Å². The minimum atomic E-state index is -0.324. The van der Waals surface area contributed by atoms with Crippen molar-refractivity contribution in [1.29, 1.82) is 0 Å². The van der Waals surface area contributed by atoms with Gasteiger partial charge >= 0.3 is 0 Å². The molecule has 1 rings (SSSR count). The van der Waals surface area contributed by atoms with Crippen LogP contribution in [0.1, 0.15) is 12.0 Å². The van der Waals surface area contributed by atoms with Crippen molar-refractivity contribution in [3.05, 3.63) is 28.2 Å². The number of hydrogen-bond donors (Lipinski definition) is 0. The number of halogens is 2. The maximum Gasteiger partial charge on any atom is 0.122 e. The van der Waals surface area contributed by atoms with Crippen molar-refractivity contribution in [3.8, 4) is 5.75 Å². The lowest BCUT2D eigenvalue weighted by Gasteiger charge is -2.07. The smallest absolute Gasteiger partial charge is 0.122 e. The molecule has 0 saturated carbocycles. The molecule has 0 unspecified atom stereocenters. The summed E-state index contributed by atoms with van der Waals surface area (Å²) in [6.07, 6.45) is 0.454. The van der Waals surface area contributed by atoms with Gasteiger partial charge in [0.05, 0.1) is 13.3 Å². The molecule has 0 aromatic heterocycles. The molecule has 0 atom stereocenters. The Kier molecular flexibility index (Phi) is 4.22. The van der Waals surface area contributed by atoms with E-state index >= 15 is 0 Å². The van der Waals surface area contributed by atoms with Crippen LogP contribution in [-0.2, 0) is 0 Å². The van der Waals surface area contributed by atoms with Crippen LogP contribution in [0.4, 0.5) is 4.39 Å². The number of aryl methyl sites for hydroxylation is 1. The molecule has 1 nitrogen and oxygen atoms in total. The maximum atomic E-state index is 11.8. The number of hydrogen-bond acceptors (Lipinski definition) is 1. The number of rotatable bonds is 4. The lowest BCUT2D eigenvalue weighted by atomic mass is 10.2. The molecule has 13 heavy (non-hydrogen) atoms. The summed E-state index contributed by atoms with van der Waals surface area (Å²) in [6, 6.07) is 5.78. The fourth-order valence-electron chi connectivity index (χ4n) is 1.01. The van der Waals surface area contributed by atoms with Gasteiger partial charge in [-0.1, -0.05) is 15.9 Å². The van der Waals surface area contributed by atoms with E-state index < -0.39 is 0 Å². The SMILES string of the molecule is Cc1cc(Br)ccc1OCCCF. The average molecular weight is 247 g/mol. The molecule has 72 valence electrons. The average Bonchev–Trinajstić information content (AvgIpc) is 2.09. The van der Waals surface area contributed by atoms with Crippen molar-refractivity contribution in [3.63, 3.8) is 0 Å². The highest BCUT2D eigenvalue weighted by molar-refractivity contribution is 9.10. The van der Waals surface area contributed by atoms with E-state index in [0.29, 0.717) is 13.0 Å². The van der Waals surface area contributed by atoms with Gasteiger partial charge in [0.15, 0.2) is 0 Å². The molecule has 0 heterocycles. The molecule has 0 aliphatic carbocycles. The Morgan fingerprint density at radius 2 is 2.23 bits per heavy atom. The first-order valence-corrected chi connectivity index (χ1v) is 4.98. The van der Waals surface area contributed by atoms with Crippen LogP contribution in [0, 0.1) is 6.92 Å². The molecule has 0 radical (unpaired) electrons. The van der Waals surface area contributed by atoms with Crippen LogP contribution in [0.3, 0.4) is 0 Å². The lowest BCUT2D eigenvalue weighted by Crippen LogP contribution is -1.99. The predicted molar refractivity (Wildman–Crippen MR) is 55.0 cm³/mol. The highest BCUT2D eigenvalue weighted by atomic mass is 79.9. The molecule has 0 bridgehead atoms. The zero-order valence-electron chi connectivity index (χ0n) is 7.52. The quantitative estimate of drug-likeness (QED) is 0.740. The van der Waals surface area contributed by atoms with Crippen LogP contribution in [0.25, 0.3) is 0 Å². The maximum absolute atomic E-state index is 11.8. The Morgan fingerprint density at radius 3 is 2.85 bits per heavy atom. The van der Waals surface area contributed by atoms with Gasteiger partial charge in [0.25, 0.3) is 0 Å². The summed E-state index contributed by atoms with van der Waals surface area (Å²) in [4.78, 5) is 0. The van der Waals surface area contributed by atoms with Crippen molar-refractivity contribution < 1.29 is 9.13 Å². The first-order chi connectivity index (χ1) is 6.24. The van der Waals surface area contributed by atoms with Gasteiger partial charge in [-0.3, -0.25) is 4.39 Å². The predicted octanol–water partition coefficient (Wildman–Crippen LogP) is 3.50. The second-order valence-corrected chi connectivity index (χ2v) is 3.72. The second-order valence-electron chi connectivity index (χ2n) is 2.80. The van der Waals surface area contributed by atoms with Crippen molar-refractivity contribution in [2.24, 2.45) is 0 Å². The minimum absolute atomic E-state index is 0.324. The van der Waals surface area contributed by atoms with E-state index in [4.69, 9.17) is 4.74 Å². The molecule has 0 amide bonds. The first-order valence-electron chi connectivity index (χ1n) is 4.19. The fourth-order valence-corrected chi connectivity index (χ4v) is 1.49. The molecule has 0 saturated heterocycles. The van der Waals surface area contributed by atoms with E-state index in [9.17, 15) is 4.39 Å². The molecular weight excluding hydrogens is 235 g/mol. The van der Waals surface area contributed by atoms with E-state index in [0.717, 1.165) is 15.8 Å². The largest absolute Gasteiger partial charge is 0.493 e. The van der Waals surface area contributed by atoms with Crippen molar-refractivity contribution in [2.45, 2.75) is 13.3 Å². The van der Waals surface area contributed by atoms with Crippen LogP contribution in [0.5, 0.6) is 5.75 Å². The Balaban J connectivity index is 2.56. The summed E-state index contributed by atoms with van der Waals surface area (Å²) in [7, 11) is 0. The van der Waals surface area contributed by atoms with E-state index in [-0.39, 0.29) is 6.67 Å². The van der Waals surface area contributed by atoms with Crippen LogP contribution < -0.4 is 4.74 Å². The topological polar surface area (TPSA) is 9.23 Å². The van der Waals surface area contributed by atoms with Crippen LogP contribution in [-0.4, -0.2) is 13.3 Å². The molecular formula is C10H12BrFO. The van der Waals surface area contributed by atoms with E-state index in [1.54, 1.807) is 0 Å². The molecule has 0 aliphatic heterocycles. The Bertz CT molecular complexity index is 276. The molecule has 1 aromatic carbocycles. The van der Waals surface area contributed by atoms with Crippen LogP contribution >= 0.6 is 15.9 Å². The molecule has 0 N–H and O–H groups in total. The summed E-state index contributed by atoms with van der Waals surface area (Å²) < 4.78 is 18.2. The molecule has 0 fully saturated rings. The third-order valence-electron chi connectivity index (χ3n) is 1.67. The molecule has 3 heteroatoms. The standard InChI is InChI=1S/C10H12BrFO/c1-8-7-9(11)3-4-10(8)13-6-2-5-12/h3-4,7H,2,5-6H2,1H3. The fraction of sp³-hybridized carbons (Fsp3) is 0.400. The van der Waals surface area contributed by atoms with Gasteiger partial charge in [-0.25, -0.2) is 0 Å². The minimum Gasteiger partial charge on any atom is -0.493 e. The highest BCUT2D eigenvalue weighted by Gasteiger charge is 1.99. The van der Waals surface area contributed by atoms with Crippen LogP contribution in [0.2, 0.25) is 0 Å². The van der Waals surface area contributed by atoms with Gasteiger partial charge in [-0.05, 0) is 30.7 Å². The van der Waals surface area contributed by atoms with E-state index in [2.05, 4.69) is 15.9 Å². The number of benzene rings is 1.